The van der Waals surface area contributed by atoms with Crippen molar-refractivity contribution in [2.75, 3.05) is 13.2 Å². The molecule has 1 fully saturated rings. The maximum Gasteiger partial charge on any atom is 0.124 e. The van der Waals surface area contributed by atoms with Gasteiger partial charge in [-0.05, 0) is 58.5 Å². The first-order chi connectivity index (χ1) is 9.72. The summed E-state index contributed by atoms with van der Waals surface area (Å²) in [5.41, 5.74) is 2.15. The molecule has 0 aliphatic carbocycles. The van der Waals surface area contributed by atoms with Crippen molar-refractivity contribution in [3.8, 4) is 16.9 Å². The van der Waals surface area contributed by atoms with E-state index in [1.807, 2.05) is 36.4 Å². The summed E-state index contributed by atoms with van der Waals surface area (Å²) >= 11 is 8.55. The molecule has 4 heteroatoms. The summed E-state index contributed by atoms with van der Waals surface area (Å²) in [6.45, 7) is 1.48. The molecule has 2 aromatic rings. The third kappa shape index (κ3) is 3.27. The highest BCUT2D eigenvalue weighted by atomic mass is 127. The Morgan fingerprint density at radius 1 is 1.15 bits per heavy atom. The molecule has 0 spiro atoms. The van der Waals surface area contributed by atoms with Crippen molar-refractivity contribution in [2.45, 2.75) is 12.5 Å². The highest BCUT2D eigenvalue weighted by Gasteiger charge is 2.17. The quantitative estimate of drug-likeness (QED) is 0.690. The summed E-state index contributed by atoms with van der Waals surface area (Å²) in [4.78, 5) is 0. The summed E-state index contributed by atoms with van der Waals surface area (Å²) < 4.78 is 12.3. The van der Waals surface area contributed by atoms with E-state index in [-0.39, 0.29) is 6.10 Å². The fraction of sp³-hybridized carbons (Fsp3) is 0.250. The van der Waals surface area contributed by atoms with Crippen LogP contribution in [0.1, 0.15) is 6.42 Å². The second kappa shape index (κ2) is 6.33. The zero-order valence-electron chi connectivity index (χ0n) is 10.8. The Labute approximate surface area is 137 Å². The van der Waals surface area contributed by atoms with E-state index in [9.17, 15) is 0 Å². The minimum absolute atomic E-state index is 0.183. The molecule has 1 saturated heterocycles. The largest absolute Gasteiger partial charge is 0.488 e. The van der Waals surface area contributed by atoms with E-state index in [2.05, 4.69) is 28.7 Å². The molecule has 2 aromatic carbocycles. The van der Waals surface area contributed by atoms with Gasteiger partial charge in [-0.2, -0.15) is 0 Å². The summed E-state index contributed by atoms with van der Waals surface area (Å²) in [5.74, 6) is 0.881. The van der Waals surface area contributed by atoms with Crippen molar-refractivity contribution in [2.24, 2.45) is 0 Å². The van der Waals surface area contributed by atoms with Gasteiger partial charge in [0.25, 0.3) is 0 Å². The van der Waals surface area contributed by atoms with Crippen molar-refractivity contribution in [1.82, 2.24) is 0 Å². The third-order valence-corrected chi connectivity index (χ3v) is 4.28. The van der Waals surface area contributed by atoms with Gasteiger partial charge in [-0.3, -0.25) is 0 Å². The summed E-state index contributed by atoms with van der Waals surface area (Å²) in [5, 5.41) is 0.767. The number of hydrogen-bond acceptors (Lipinski definition) is 2. The SMILES string of the molecule is Clc1ccc(I)cc1-c1ccc(O[C@H]2CCOC2)cc1. The van der Waals surface area contributed by atoms with E-state index in [0.717, 1.165) is 34.9 Å². The van der Waals surface area contributed by atoms with Gasteiger partial charge in [0.1, 0.15) is 11.9 Å². The van der Waals surface area contributed by atoms with Gasteiger partial charge < -0.3 is 9.47 Å². The van der Waals surface area contributed by atoms with Gasteiger partial charge >= 0.3 is 0 Å². The standard InChI is InChI=1S/C16H14ClIO2/c17-16-6-3-12(18)9-15(16)11-1-4-13(5-2-11)20-14-7-8-19-10-14/h1-6,9,14H,7-8,10H2/t14-/m0/s1. The fourth-order valence-corrected chi connectivity index (χ4v) is 2.95. The van der Waals surface area contributed by atoms with Crippen LogP contribution in [0.4, 0.5) is 0 Å². The highest BCUT2D eigenvalue weighted by Crippen LogP contribution is 2.31. The number of benzene rings is 2. The van der Waals surface area contributed by atoms with E-state index in [0.29, 0.717) is 6.61 Å². The third-order valence-electron chi connectivity index (χ3n) is 3.28. The first-order valence-corrected chi connectivity index (χ1v) is 7.98. The molecular weight excluding hydrogens is 387 g/mol. The van der Waals surface area contributed by atoms with E-state index >= 15 is 0 Å². The lowest BCUT2D eigenvalue weighted by atomic mass is 10.1. The van der Waals surface area contributed by atoms with Crippen LogP contribution in [0.5, 0.6) is 5.75 Å². The molecule has 0 N–H and O–H groups in total. The molecule has 0 saturated carbocycles. The van der Waals surface area contributed by atoms with E-state index < -0.39 is 0 Å². The average molecular weight is 401 g/mol. The van der Waals surface area contributed by atoms with Crippen LogP contribution in [0.25, 0.3) is 11.1 Å². The Hall–Kier alpha value is -0.780. The van der Waals surface area contributed by atoms with Crippen molar-refractivity contribution in [3.05, 3.63) is 51.1 Å². The van der Waals surface area contributed by atoms with E-state index in [1.165, 1.54) is 3.57 Å². The zero-order valence-corrected chi connectivity index (χ0v) is 13.7. The molecule has 0 bridgehead atoms. The lowest BCUT2D eigenvalue weighted by Crippen LogP contribution is -2.15. The first kappa shape index (κ1) is 14.2. The number of halogens is 2. The molecule has 1 atom stereocenters. The molecule has 20 heavy (non-hydrogen) atoms. The molecule has 1 aliphatic heterocycles. The predicted octanol–water partition coefficient (Wildman–Crippen LogP) is 4.78. The molecule has 1 heterocycles. The molecule has 104 valence electrons. The second-order valence-electron chi connectivity index (χ2n) is 4.75. The second-order valence-corrected chi connectivity index (χ2v) is 6.40. The number of ether oxygens (including phenoxy) is 2. The number of hydrogen-bond donors (Lipinski definition) is 0. The Kier molecular flexibility index (Phi) is 4.48. The van der Waals surface area contributed by atoms with Crippen LogP contribution in [0, 0.1) is 3.57 Å². The lowest BCUT2D eigenvalue weighted by molar-refractivity contribution is 0.141. The Morgan fingerprint density at radius 2 is 1.95 bits per heavy atom. The molecule has 1 aliphatic rings. The molecule has 0 aromatic heterocycles. The summed E-state index contributed by atoms with van der Waals surface area (Å²) in [7, 11) is 0. The Balaban J connectivity index is 1.79. The first-order valence-electron chi connectivity index (χ1n) is 6.52. The summed E-state index contributed by atoms with van der Waals surface area (Å²) in [6, 6.07) is 14.1. The van der Waals surface area contributed by atoms with Crippen molar-refractivity contribution in [3.63, 3.8) is 0 Å². The van der Waals surface area contributed by atoms with Crippen LogP contribution in [0.15, 0.2) is 42.5 Å². The maximum atomic E-state index is 6.26. The van der Waals surface area contributed by atoms with Gasteiger partial charge in [-0.25, -0.2) is 0 Å². The van der Waals surface area contributed by atoms with Crippen molar-refractivity contribution >= 4 is 34.2 Å². The zero-order chi connectivity index (χ0) is 13.9. The minimum atomic E-state index is 0.183. The van der Waals surface area contributed by atoms with Crippen molar-refractivity contribution in [1.29, 1.82) is 0 Å². The van der Waals surface area contributed by atoms with Crippen LogP contribution in [-0.2, 0) is 4.74 Å². The van der Waals surface area contributed by atoms with Crippen LogP contribution >= 0.6 is 34.2 Å². The Bertz CT molecular complexity index is 592. The van der Waals surface area contributed by atoms with Crippen molar-refractivity contribution < 1.29 is 9.47 Å². The topological polar surface area (TPSA) is 18.5 Å². The number of rotatable bonds is 3. The van der Waals surface area contributed by atoms with Crippen LogP contribution < -0.4 is 4.74 Å². The molecular formula is C16H14ClIO2. The van der Waals surface area contributed by atoms with Gasteiger partial charge in [-0.1, -0.05) is 23.7 Å². The van der Waals surface area contributed by atoms with E-state index in [4.69, 9.17) is 21.1 Å². The monoisotopic (exact) mass is 400 g/mol. The molecule has 0 amide bonds. The molecule has 3 rings (SSSR count). The fourth-order valence-electron chi connectivity index (χ4n) is 2.23. The lowest BCUT2D eigenvalue weighted by Gasteiger charge is -2.12. The maximum absolute atomic E-state index is 6.26. The van der Waals surface area contributed by atoms with E-state index in [1.54, 1.807) is 0 Å². The average Bonchev–Trinajstić information content (AvgIpc) is 2.95. The molecule has 0 unspecified atom stereocenters. The molecule has 0 radical (unpaired) electrons. The van der Waals surface area contributed by atoms with Gasteiger partial charge in [0.15, 0.2) is 0 Å². The minimum Gasteiger partial charge on any atom is -0.488 e. The highest BCUT2D eigenvalue weighted by molar-refractivity contribution is 14.1. The van der Waals surface area contributed by atoms with Gasteiger partial charge in [0.05, 0.1) is 13.2 Å². The van der Waals surface area contributed by atoms with Crippen LogP contribution in [-0.4, -0.2) is 19.3 Å². The smallest absolute Gasteiger partial charge is 0.124 e. The van der Waals surface area contributed by atoms with Gasteiger partial charge in [-0.15, -0.1) is 0 Å². The normalized spacial score (nSPS) is 18.2. The van der Waals surface area contributed by atoms with Crippen LogP contribution in [0.2, 0.25) is 5.02 Å². The molecule has 2 nitrogen and oxygen atoms in total. The summed E-state index contributed by atoms with van der Waals surface area (Å²) in [6.07, 6.45) is 1.15. The van der Waals surface area contributed by atoms with Gasteiger partial charge in [0.2, 0.25) is 0 Å². The van der Waals surface area contributed by atoms with Gasteiger partial charge in [0, 0.05) is 20.6 Å². The predicted molar refractivity (Wildman–Crippen MR) is 89.5 cm³/mol. The van der Waals surface area contributed by atoms with Crippen LogP contribution in [0.3, 0.4) is 0 Å². The Morgan fingerprint density at radius 3 is 2.65 bits per heavy atom.